The first-order valence-corrected chi connectivity index (χ1v) is 6.26. The molecule has 4 nitrogen and oxygen atoms in total. The molecule has 3 N–H and O–H groups in total. The van der Waals surface area contributed by atoms with Crippen molar-refractivity contribution in [3.05, 3.63) is 58.1 Å². The lowest BCUT2D eigenvalue weighted by molar-refractivity contribution is 0.102. The predicted molar refractivity (Wildman–Crippen MR) is 79.7 cm³/mol. The van der Waals surface area contributed by atoms with E-state index >= 15 is 0 Å². The minimum Gasteiger partial charge on any atom is -0.399 e. The fourth-order valence-corrected chi connectivity index (χ4v) is 1.99. The van der Waals surface area contributed by atoms with E-state index < -0.39 is 0 Å². The molecule has 0 aliphatic heterocycles. The molecule has 2 aromatic rings. The Balaban J connectivity index is 2.26. The van der Waals surface area contributed by atoms with Gasteiger partial charge in [0.1, 0.15) is 6.07 Å². The van der Waals surface area contributed by atoms with Gasteiger partial charge in [-0.25, -0.2) is 0 Å². The van der Waals surface area contributed by atoms with Crippen LogP contribution in [0.5, 0.6) is 0 Å². The number of halogens is 1. The average molecular weight is 286 g/mol. The molecule has 2 aromatic carbocycles. The van der Waals surface area contributed by atoms with Gasteiger partial charge in [-0.05, 0) is 48.9 Å². The topological polar surface area (TPSA) is 78.9 Å². The van der Waals surface area contributed by atoms with Gasteiger partial charge in [-0.1, -0.05) is 11.6 Å². The predicted octanol–water partition coefficient (Wildman–Crippen LogP) is 3.35. The molecular formula is C15H12ClN3O. The molecule has 0 fully saturated rings. The molecule has 0 heterocycles. The molecule has 0 atom stereocenters. The standard InChI is InChI=1S/C15H12ClN3O/c1-9-6-11(18)2-4-13(9)15(20)19-12-3-5-14(16)10(7-12)8-17/h2-7H,18H2,1H3,(H,19,20). The Labute approximate surface area is 121 Å². The van der Waals surface area contributed by atoms with Gasteiger partial charge >= 0.3 is 0 Å². The Bertz CT molecular complexity index is 720. The Morgan fingerprint density at radius 1 is 1.30 bits per heavy atom. The highest BCUT2D eigenvalue weighted by molar-refractivity contribution is 6.31. The summed E-state index contributed by atoms with van der Waals surface area (Å²) in [4.78, 5) is 12.2. The summed E-state index contributed by atoms with van der Waals surface area (Å²) in [7, 11) is 0. The van der Waals surface area contributed by atoms with E-state index in [1.54, 1.807) is 30.3 Å². The van der Waals surface area contributed by atoms with E-state index in [4.69, 9.17) is 22.6 Å². The second-order valence-corrected chi connectivity index (χ2v) is 4.74. The summed E-state index contributed by atoms with van der Waals surface area (Å²) < 4.78 is 0. The average Bonchev–Trinajstić information content (AvgIpc) is 2.40. The maximum atomic E-state index is 12.2. The van der Waals surface area contributed by atoms with E-state index in [1.807, 2.05) is 13.0 Å². The van der Waals surface area contributed by atoms with Crippen LogP contribution in [0.25, 0.3) is 0 Å². The fraction of sp³-hybridized carbons (Fsp3) is 0.0667. The third kappa shape index (κ3) is 2.90. The number of hydrogen-bond acceptors (Lipinski definition) is 3. The molecule has 0 aliphatic carbocycles. The van der Waals surface area contributed by atoms with Crippen LogP contribution in [-0.2, 0) is 0 Å². The quantitative estimate of drug-likeness (QED) is 0.831. The largest absolute Gasteiger partial charge is 0.399 e. The minimum atomic E-state index is -0.256. The monoisotopic (exact) mass is 285 g/mol. The van der Waals surface area contributed by atoms with Crippen molar-refractivity contribution < 1.29 is 4.79 Å². The van der Waals surface area contributed by atoms with Crippen molar-refractivity contribution in [2.45, 2.75) is 6.92 Å². The number of anilines is 2. The maximum absolute atomic E-state index is 12.2. The van der Waals surface area contributed by atoms with Crippen molar-refractivity contribution in [2.75, 3.05) is 11.1 Å². The lowest BCUT2D eigenvalue weighted by Crippen LogP contribution is -2.13. The number of nitrogens with two attached hydrogens (primary N) is 1. The smallest absolute Gasteiger partial charge is 0.255 e. The minimum absolute atomic E-state index is 0.256. The van der Waals surface area contributed by atoms with Crippen LogP contribution in [0.15, 0.2) is 36.4 Å². The van der Waals surface area contributed by atoms with Crippen LogP contribution in [0.3, 0.4) is 0 Å². The molecule has 0 bridgehead atoms. The molecule has 0 unspecified atom stereocenters. The Hall–Kier alpha value is -2.51. The van der Waals surface area contributed by atoms with Crippen molar-refractivity contribution in [1.29, 1.82) is 5.26 Å². The molecule has 0 saturated carbocycles. The van der Waals surface area contributed by atoms with Crippen LogP contribution >= 0.6 is 11.6 Å². The molecule has 2 rings (SSSR count). The van der Waals surface area contributed by atoms with E-state index in [9.17, 15) is 4.79 Å². The summed E-state index contributed by atoms with van der Waals surface area (Å²) in [5.41, 5.74) is 8.42. The zero-order valence-corrected chi connectivity index (χ0v) is 11.5. The third-order valence-corrected chi connectivity index (χ3v) is 3.17. The van der Waals surface area contributed by atoms with E-state index in [1.165, 1.54) is 6.07 Å². The molecule has 0 saturated heterocycles. The first-order valence-electron chi connectivity index (χ1n) is 5.88. The van der Waals surface area contributed by atoms with Crippen LogP contribution in [-0.4, -0.2) is 5.91 Å². The van der Waals surface area contributed by atoms with E-state index in [0.717, 1.165) is 5.56 Å². The molecule has 100 valence electrons. The second-order valence-electron chi connectivity index (χ2n) is 4.33. The van der Waals surface area contributed by atoms with Gasteiger partial charge in [-0.2, -0.15) is 5.26 Å². The Kier molecular flexibility index (Phi) is 3.92. The van der Waals surface area contributed by atoms with E-state index in [-0.39, 0.29) is 5.91 Å². The van der Waals surface area contributed by atoms with Crippen LogP contribution in [0.2, 0.25) is 5.02 Å². The van der Waals surface area contributed by atoms with Crippen molar-refractivity contribution in [2.24, 2.45) is 0 Å². The molecule has 0 aromatic heterocycles. The number of carbonyl (C=O) groups excluding carboxylic acids is 1. The van der Waals surface area contributed by atoms with Gasteiger partial charge in [0, 0.05) is 16.9 Å². The Morgan fingerprint density at radius 2 is 2.05 bits per heavy atom. The normalized spacial score (nSPS) is 9.85. The van der Waals surface area contributed by atoms with Crippen molar-refractivity contribution in [1.82, 2.24) is 0 Å². The summed E-state index contributed by atoms with van der Waals surface area (Å²) in [6.07, 6.45) is 0. The molecule has 1 amide bonds. The molecule has 0 radical (unpaired) electrons. The fourth-order valence-electron chi connectivity index (χ4n) is 1.83. The van der Waals surface area contributed by atoms with E-state index in [2.05, 4.69) is 5.32 Å². The summed E-state index contributed by atoms with van der Waals surface area (Å²) in [5.74, 6) is -0.256. The summed E-state index contributed by atoms with van der Waals surface area (Å²) in [6, 6.07) is 11.8. The van der Waals surface area contributed by atoms with Gasteiger partial charge in [0.25, 0.3) is 5.91 Å². The van der Waals surface area contributed by atoms with Gasteiger partial charge in [0.05, 0.1) is 10.6 Å². The number of nitrogens with one attached hydrogen (secondary N) is 1. The molecule has 0 aliphatic rings. The van der Waals surface area contributed by atoms with Gasteiger partial charge in [0.15, 0.2) is 0 Å². The lowest BCUT2D eigenvalue weighted by atomic mass is 10.1. The zero-order valence-electron chi connectivity index (χ0n) is 10.8. The highest BCUT2D eigenvalue weighted by atomic mass is 35.5. The number of amides is 1. The summed E-state index contributed by atoms with van der Waals surface area (Å²) >= 11 is 5.84. The van der Waals surface area contributed by atoms with Crippen LogP contribution < -0.4 is 11.1 Å². The van der Waals surface area contributed by atoms with Crippen molar-refractivity contribution in [3.8, 4) is 6.07 Å². The summed E-state index contributed by atoms with van der Waals surface area (Å²) in [5, 5.41) is 12.0. The van der Waals surface area contributed by atoms with E-state index in [0.29, 0.717) is 27.5 Å². The molecule has 5 heteroatoms. The van der Waals surface area contributed by atoms with Gasteiger partial charge in [0.2, 0.25) is 0 Å². The number of aryl methyl sites for hydroxylation is 1. The maximum Gasteiger partial charge on any atom is 0.255 e. The lowest BCUT2D eigenvalue weighted by Gasteiger charge is -2.09. The number of rotatable bonds is 2. The number of hydrogen-bond donors (Lipinski definition) is 2. The number of nitriles is 1. The van der Waals surface area contributed by atoms with Crippen LogP contribution in [0.4, 0.5) is 11.4 Å². The highest BCUT2D eigenvalue weighted by Crippen LogP contribution is 2.21. The molecule has 20 heavy (non-hydrogen) atoms. The van der Waals surface area contributed by atoms with Gasteiger partial charge in [-0.15, -0.1) is 0 Å². The third-order valence-electron chi connectivity index (χ3n) is 2.84. The summed E-state index contributed by atoms with van der Waals surface area (Å²) in [6.45, 7) is 1.81. The first kappa shape index (κ1) is 13.9. The SMILES string of the molecule is Cc1cc(N)ccc1C(=O)Nc1ccc(Cl)c(C#N)c1. The second kappa shape index (κ2) is 5.64. The van der Waals surface area contributed by atoms with Gasteiger partial charge < -0.3 is 11.1 Å². The number of nitrogen functional groups attached to an aromatic ring is 1. The number of benzene rings is 2. The first-order chi connectivity index (χ1) is 9.51. The highest BCUT2D eigenvalue weighted by Gasteiger charge is 2.10. The number of carbonyl (C=O) groups is 1. The molecule has 0 spiro atoms. The van der Waals surface area contributed by atoms with Crippen LogP contribution in [0.1, 0.15) is 21.5 Å². The van der Waals surface area contributed by atoms with Gasteiger partial charge in [-0.3, -0.25) is 4.79 Å². The molecular weight excluding hydrogens is 274 g/mol. The zero-order chi connectivity index (χ0) is 14.7. The Morgan fingerprint density at radius 3 is 2.70 bits per heavy atom. The van der Waals surface area contributed by atoms with Crippen molar-refractivity contribution in [3.63, 3.8) is 0 Å². The van der Waals surface area contributed by atoms with Crippen LogP contribution in [0, 0.1) is 18.3 Å². The number of nitrogens with zero attached hydrogens (tertiary/aromatic N) is 1. The van der Waals surface area contributed by atoms with Crippen molar-refractivity contribution >= 4 is 28.9 Å².